The van der Waals surface area contributed by atoms with Crippen molar-refractivity contribution in [2.45, 2.75) is 22.9 Å². The van der Waals surface area contributed by atoms with Gasteiger partial charge >= 0.3 is 0 Å². The van der Waals surface area contributed by atoms with E-state index in [4.69, 9.17) is 17.3 Å². The maximum absolute atomic E-state index is 13.8. The predicted molar refractivity (Wildman–Crippen MR) is 72.4 cm³/mol. The molecule has 2 aromatic rings. The molecule has 5 heteroatoms. The van der Waals surface area contributed by atoms with Gasteiger partial charge in [-0.05, 0) is 36.8 Å². The van der Waals surface area contributed by atoms with E-state index in [0.717, 1.165) is 5.56 Å². The molecule has 94 valence electrons. The van der Waals surface area contributed by atoms with Crippen molar-refractivity contribution in [3.8, 4) is 0 Å². The molecule has 0 radical (unpaired) electrons. The van der Waals surface area contributed by atoms with Crippen molar-refractivity contribution in [2.75, 3.05) is 0 Å². The summed E-state index contributed by atoms with van der Waals surface area (Å²) in [6, 6.07) is 8.31. The van der Waals surface area contributed by atoms with Crippen LogP contribution in [-0.4, -0.2) is 4.98 Å². The lowest BCUT2D eigenvalue weighted by Gasteiger charge is -2.08. The molecular formula is C13H12ClFN2S. The summed E-state index contributed by atoms with van der Waals surface area (Å²) in [6.45, 7) is 1.82. The van der Waals surface area contributed by atoms with Gasteiger partial charge in [0.05, 0.1) is 5.02 Å². The zero-order valence-electron chi connectivity index (χ0n) is 9.73. The standard InChI is InChI=1S/C13H12ClFN2S/c1-8(16)9-2-4-12(11(15)6-9)18-13-5-3-10(14)7-17-13/h2-8H,16H2,1H3/t8-/m1/s1. The molecule has 0 aliphatic carbocycles. The van der Waals surface area contributed by atoms with E-state index in [9.17, 15) is 4.39 Å². The zero-order valence-corrected chi connectivity index (χ0v) is 11.3. The second-order valence-corrected chi connectivity index (χ2v) is 5.39. The Labute approximate surface area is 114 Å². The normalized spacial score (nSPS) is 12.4. The first kappa shape index (κ1) is 13.3. The van der Waals surface area contributed by atoms with Crippen LogP contribution in [0.4, 0.5) is 4.39 Å². The quantitative estimate of drug-likeness (QED) is 0.923. The highest BCUT2D eigenvalue weighted by Crippen LogP contribution is 2.30. The SMILES string of the molecule is C[C@@H](N)c1ccc(Sc2ccc(Cl)cn2)c(F)c1. The van der Waals surface area contributed by atoms with Crippen LogP contribution in [0.3, 0.4) is 0 Å². The van der Waals surface area contributed by atoms with Crippen molar-refractivity contribution in [3.05, 3.63) is 52.9 Å². The molecule has 18 heavy (non-hydrogen) atoms. The number of aromatic nitrogens is 1. The van der Waals surface area contributed by atoms with E-state index in [1.165, 1.54) is 24.0 Å². The number of rotatable bonds is 3. The number of nitrogens with two attached hydrogens (primary N) is 1. The van der Waals surface area contributed by atoms with Crippen LogP contribution in [0.25, 0.3) is 0 Å². The van der Waals surface area contributed by atoms with Gasteiger partial charge in [-0.1, -0.05) is 29.4 Å². The molecular weight excluding hydrogens is 271 g/mol. The Morgan fingerprint density at radius 2 is 2.11 bits per heavy atom. The first-order valence-corrected chi connectivity index (χ1v) is 6.60. The third kappa shape index (κ3) is 3.22. The fourth-order valence-electron chi connectivity index (χ4n) is 1.42. The number of nitrogens with zero attached hydrogens (tertiary/aromatic N) is 1. The summed E-state index contributed by atoms with van der Waals surface area (Å²) in [4.78, 5) is 4.63. The van der Waals surface area contributed by atoms with Crippen LogP contribution in [0.5, 0.6) is 0 Å². The van der Waals surface area contributed by atoms with Gasteiger partial charge in [-0.15, -0.1) is 0 Å². The number of benzene rings is 1. The van der Waals surface area contributed by atoms with Crippen molar-refractivity contribution in [1.82, 2.24) is 4.98 Å². The zero-order chi connectivity index (χ0) is 13.1. The summed E-state index contributed by atoms with van der Waals surface area (Å²) >= 11 is 7.00. The van der Waals surface area contributed by atoms with Crippen LogP contribution in [0.2, 0.25) is 5.02 Å². The minimum absolute atomic E-state index is 0.174. The average molecular weight is 283 g/mol. The summed E-state index contributed by atoms with van der Waals surface area (Å²) < 4.78 is 13.8. The van der Waals surface area contributed by atoms with E-state index in [2.05, 4.69) is 4.98 Å². The van der Waals surface area contributed by atoms with Crippen LogP contribution in [0.1, 0.15) is 18.5 Å². The van der Waals surface area contributed by atoms with Gasteiger partial charge in [-0.3, -0.25) is 0 Å². The molecule has 0 unspecified atom stereocenters. The van der Waals surface area contributed by atoms with Crippen molar-refractivity contribution < 1.29 is 4.39 Å². The van der Waals surface area contributed by atoms with Crippen molar-refractivity contribution >= 4 is 23.4 Å². The van der Waals surface area contributed by atoms with Crippen LogP contribution in [-0.2, 0) is 0 Å². The van der Waals surface area contributed by atoms with E-state index < -0.39 is 0 Å². The van der Waals surface area contributed by atoms with Gasteiger partial charge in [-0.2, -0.15) is 0 Å². The lowest BCUT2D eigenvalue weighted by molar-refractivity contribution is 0.596. The van der Waals surface area contributed by atoms with E-state index in [0.29, 0.717) is 14.9 Å². The van der Waals surface area contributed by atoms with Crippen LogP contribution < -0.4 is 5.73 Å². The van der Waals surface area contributed by atoms with Crippen molar-refractivity contribution in [2.24, 2.45) is 5.73 Å². The van der Waals surface area contributed by atoms with Gasteiger partial charge < -0.3 is 5.73 Å². The minimum atomic E-state index is -0.286. The van der Waals surface area contributed by atoms with Crippen LogP contribution >= 0.6 is 23.4 Å². The van der Waals surface area contributed by atoms with E-state index >= 15 is 0 Å². The minimum Gasteiger partial charge on any atom is -0.324 e. The topological polar surface area (TPSA) is 38.9 Å². The number of hydrogen-bond acceptors (Lipinski definition) is 3. The molecule has 0 aliphatic heterocycles. The lowest BCUT2D eigenvalue weighted by atomic mass is 10.1. The molecule has 1 atom stereocenters. The summed E-state index contributed by atoms with van der Waals surface area (Å²) in [6.07, 6.45) is 1.54. The molecule has 1 heterocycles. The van der Waals surface area contributed by atoms with E-state index in [-0.39, 0.29) is 11.9 Å². The highest BCUT2D eigenvalue weighted by molar-refractivity contribution is 7.99. The molecule has 0 bridgehead atoms. The van der Waals surface area contributed by atoms with Crippen LogP contribution in [0.15, 0.2) is 46.5 Å². The van der Waals surface area contributed by atoms with Gasteiger partial charge in [0.2, 0.25) is 0 Å². The monoisotopic (exact) mass is 282 g/mol. The fraction of sp³-hybridized carbons (Fsp3) is 0.154. The highest BCUT2D eigenvalue weighted by Gasteiger charge is 2.08. The Balaban J connectivity index is 2.22. The number of pyridine rings is 1. The second-order valence-electron chi connectivity index (χ2n) is 3.90. The molecule has 2 nitrogen and oxygen atoms in total. The summed E-state index contributed by atoms with van der Waals surface area (Å²) in [5, 5.41) is 1.26. The molecule has 0 saturated heterocycles. The molecule has 0 aliphatic rings. The fourth-order valence-corrected chi connectivity index (χ4v) is 2.29. The van der Waals surface area contributed by atoms with Crippen molar-refractivity contribution in [1.29, 1.82) is 0 Å². The molecule has 1 aromatic heterocycles. The molecule has 1 aromatic carbocycles. The maximum Gasteiger partial charge on any atom is 0.137 e. The number of hydrogen-bond donors (Lipinski definition) is 1. The summed E-state index contributed by atoms with van der Waals surface area (Å²) in [5.74, 6) is -0.286. The molecule has 2 rings (SSSR count). The smallest absolute Gasteiger partial charge is 0.137 e. The Morgan fingerprint density at radius 1 is 1.33 bits per heavy atom. The molecule has 2 N–H and O–H groups in total. The molecule has 0 amide bonds. The maximum atomic E-state index is 13.8. The van der Waals surface area contributed by atoms with Gasteiger partial charge in [0.25, 0.3) is 0 Å². The Hall–Kier alpha value is -1.10. The highest BCUT2D eigenvalue weighted by atomic mass is 35.5. The van der Waals surface area contributed by atoms with E-state index in [1.807, 2.05) is 13.0 Å². The van der Waals surface area contributed by atoms with Crippen molar-refractivity contribution in [3.63, 3.8) is 0 Å². The third-order valence-corrected chi connectivity index (χ3v) is 3.62. The molecule has 0 fully saturated rings. The molecule has 0 saturated carbocycles. The first-order valence-electron chi connectivity index (χ1n) is 5.40. The number of halogens is 2. The predicted octanol–water partition coefficient (Wildman–Crippen LogP) is 4.05. The summed E-state index contributed by atoms with van der Waals surface area (Å²) in [5.41, 5.74) is 6.48. The summed E-state index contributed by atoms with van der Waals surface area (Å²) in [7, 11) is 0. The average Bonchev–Trinajstić information content (AvgIpc) is 2.34. The first-order chi connectivity index (χ1) is 8.56. The second kappa shape index (κ2) is 5.69. The van der Waals surface area contributed by atoms with Crippen LogP contribution in [0, 0.1) is 5.82 Å². The lowest BCUT2D eigenvalue weighted by Crippen LogP contribution is -2.05. The third-order valence-electron chi connectivity index (χ3n) is 2.40. The van der Waals surface area contributed by atoms with Gasteiger partial charge in [0, 0.05) is 17.1 Å². The van der Waals surface area contributed by atoms with Gasteiger partial charge in [0.15, 0.2) is 0 Å². The Morgan fingerprint density at radius 3 is 2.67 bits per heavy atom. The Bertz CT molecular complexity index is 543. The Kier molecular flexibility index (Phi) is 4.22. The van der Waals surface area contributed by atoms with E-state index in [1.54, 1.807) is 18.2 Å². The molecule has 0 spiro atoms. The largest absolute Gasteiger partial charge is 0.324 e. The van der Waals surface area contributed by atoms with Gasteiger partial charge in [-0.25, -0.2) is 9.37 Å². The van der Waals surface area contributed by atoms with Gasteiger partial charge in [0.1, 0.15) is 10.8 Å².